The molecular formula is C31H22N2O. The Balaban J connectivity index is 1.48. The average molecular weight is 439 g/mol. The van der Waals surface area contributed by atoms with Gasteiger partial charge < -0.3 is 9.32 Å². The van der Waals surface area contributed by atoms with Crippen LogP contribution in [0.5, 0.6) is 0 Å². The quantitative estimate of drug-likeness (QED) is 0.270. The third kappa shape index (κ3) is 3.74. The molecule has 0 saturated heterocycles. The van der Waals surface area contributed by atoms with Crippen molar-refractivity contribution in [3.63, 3.8) is 0 Å². The minimum Gasteiger partial charge on any atom is -0.435 e. The number of fused-ring (bicyclic) bond motifs is 1. The fraction of sp³-hybridized carbons (Fsp3) is 0. The Kier molecular flexibility index (Phi) is 5.13. The Morgan fingerprint density at radius 2 is 1.06 bits per heavy atom. The third-order valence-electron chi connectivity index (χ3n) is 5.88. The molecule has 6 aromatic rings. The molecule has 5 aromatic carbocycles. The van der Waals surface area contributed by atoms with E-state index in [-0.39, 0.29) is 0 Å². The molecule has 3 nitrogen and oxygen atoms in total. The van der Waals surface area contributed by atoms with E-state index in [0.717, 1.165) is 44.9 Å². The summed E-state index contributed by atoms with van der Waals surface area (Å²) >= 11 is 0. The van der Waals surface area contributed by atoms with Gasteiger partial charge in [-0.05, 0) is 60.2 Å². The molecule has 0 N–H and O–H groups in total. The highest BCUT2D eigenvalue weighted by molar-refractivity contribution is 5.93. The van der Waals surface area contributed by atoms with Crippen molar-refractivity contribution in [1.82, 2.24) is 4.98 Å². The maximum absolute atomic E-state index is 6.28. The molecule has 0 aliphatic heterocycles. The van der Waals surface area contributed by atoms with Crippen LogP contribution >= 0.6 is 0 Å². The number of nitrogens with zero attached hydrogens (tertiary/aromatic N) is 2. The summed E-state index contributed by atoms with van der Waals surface area (Å²) in [5.74, 6) is 0.634. The zero-order valence-electron chi connectivity index (χ0n) is 18.5. The highest BCUT2D eigenvalue weighted by Gasteiger charge is 2.16. The van der Waals surface area contributed by atoms with E-state index in [9.17, 15) is 0 Å². The van der Waals surface area contributed by atoms with Crippen molar-refractivity contribution in [1.29, 1.82) is 0 Å². The van der Waals surface area contributed by atoms with E-state index in [0.29, 0.717) is 5.89 Å². The molecule has 0 fully saturated rings. The summed E-state index contributed by atoms with van der Waals surface area (Å²) in [7, 11) is 0. The van der Waals surface area contributed by atoms with E-state index >= 15 is 0 Å². The van der Waals surface area contributed by atoms with Crippen LogP contribution in [-0.4, -0.2) is 4.98 Å². The van der Waals surface area contributed by atoms with Gasteiger partial charge in [0, 0.05) is 28.2 Å². The van der Waals surface area contributed by atoms with Crippen molar-refractivity contribution >= 4 is 28.2 Å². The molecule has 0 bridgehead atoms. The molecule has 1 heterocycles. The van der Waals surface area contributed by atoms with Gasteiger partial charge in [-0.3, -0.25) is 0 Å². The second kappa shape index (κ2) is 8.72. The molecule has 0 aliphatic carbocycles. The second-order valence-corrected chi connectivity index (χ2v) is 8.10. The maximum Gasteiger partial charge on any atom is 0.227 e. The highest BCUT2D eigenvalue weighted by Crippen LogP contribution is 2.38. The van der Waals surface area contributed by atoms with Gasteiger partial charge in [-0.1, -0.05) is 78.9 Å². The number of hydrogen-bond acceptors (Lipinski definition) is 3. The minimum atomic E-state index is 0.634. The molecule has 0 unspecified atom stereocenters. The maximum atomic E-state index is 6.28. The first-order chi connectivity index (χ1) is 16.9. The predicted octanol–water partition coefficient (Wildman–Crippen LogP) is 8.63. The van der Waals surface area contributed by atoms with Crippen LogP contribution in [0.4, 0.5) is 17.1 Å². The summed E-state index contributed by atoms with van der Waals surface area (Å²) in [5.41, 5.74) is 8.01. The van der Waals surface area contributed by atoms with Crippen LogP contribution in [0.3, 0.4) is 0 Å². The number of anilines is 3. The van der Waals surface area contributed by atoms with E-state index in [2.05, 4.69) is 83.8 Å². The number of para-hydroxylation sites is 3. The fourth-order valence-electron chi connectivity index (χ4n) is 4.29. The normalized spacial score (nSPS) is 10.9. The van der Waals surface area contributed by atoms with Gasteiger partial charge >= 0.3 is 0 Å². The average Bonchev–Trinajstić information content (AvgIpc) is 3.36. The SMILES string of the molecule is c1ccc(-c2nc3cccc(-c4cccc(N(c5ccccc5)c5ccccc5)c4)c3o2)cc1. The van der Waals surface area contributed by atoms with Crippen LogP contribution in [0.1, 0.15) is 0 Å². The lowest BCUT2D eigenvalue weighted by molar-refractivity contribution is 0.621. The molecule has 0 amide bonds. The Hall–Kier alpha value is -4.63. The molecule has 3 heteroatoms. The number of benzene rings is 5. The molecule has 1 aromatic heterocycles. The lowest BCUT2D eigenvalue weighted by Gasteiger charge is -2.25. The van der Waals surface area contributed by atoms with Crippen LogP contribution in [0.25, 0.3) is 33.7 Å². The monoisotopic (exact) mass is 438 g/mol. The van der Waals surface area contributed by atoms with Gasteiger partial charge in [-0.2, -0.15) is 0 Å². The summed E-state index contributed by atoms with van der Waals surface area (Å²) < 4.78 is 6.28. The van der Waals surface area contributed by atoms with Gasteiger partial charge in [-0.25, -0.2) is 4.98 Å². The summed E-state index contributed by atoms with van der Waals surface area (Å²) in [6, 6.07) is 45.6. The van der Waals surface area contributed by atoms with Crippen molar-refractivity contribution < 1.29 is 4.42 Å². The number of hydrogen-bond donors (Lipinski definition) is 0. The third-order valence-corrected chi connectivity index (χ3v) is 5.88. The van der Waals surface area contributed by atoms with E-state index in [4.69, 9.17) is 9.40 Å². The van der Waals surface area contributed by atoms with E-state index in [1.165, 1.54) is 0 Å². The largest absolute Gasteiger partial charge is 0.435 e. The number of rotatable bonds is 5. The van der Waals surface area contributed by atoms with Crippen molar-refractivity contribution in [3.8, 4) is 22.6 Å². The van der Waals surface area contributed by atoms with Crippen molar-refractivity contribution in [2.24, 2.45) is 0 Å². The first-order valence-electron chi connectivity index (χ1n) is 11.3. The predicted molar refractivity (Wildman–Crippen MR) is 140 cm³/mol. The van der Waals surface area contributed by atoms with Crippen LogP contribution in [0.2, 0.25) is 0 Å². The molecule has 162 valence electrons. The minimum absolute atomic E-state index is 0.634. The fourth-order valence-corrected chi connectivity index (χ4v) is 4.29. The Labute approximate surface area is 198 Å². The number of oxazole rings is 1. The topological polar surface area (TPSA) is 29.3 Å². The van der Waals surface area contributed by atoms with E-state index in [1.54, 1.807) is 0 Å². The summed E-state index contributed by atoms with van der Waals surface area (Å²) in [4.78, 5) is 7.01. The summed E-state index contributed by atoms with van der Waals surface area (Å²) in [6.45, 7) is 0. The molecule has 0 radical (unpaired) electrons. The molecule has 0 saturated carbocycles. The second-order valence-electron chi connectivity index (χ2n) is 8.10. The van der Waals surface area contributed by atoms with Gasteiger partial charge in [-0.15, -0.1) is 0 Å². The number of aromatic nitrogens is 1. The lowest BCUT2D eigenvalue weighted by atomic mass is 10.0. The zero-order chi connectivity index (χ0) is 22.7. The smallest absolute Gasteiger partial charge is 0.227 e. The standard InChI is InChI=1S/C31H22N2O/c1-4-12-23(13-5-1)31-32-29-21-11-20-28(30(29)34-31)24-14-10-19-27(22-24)33(25-15-6-2-7-16-25)26-17-8-3-9-18-26/h1-22H. The summed E-state index contributed by atoms with van der Waals surface area (Å²) in [6.07, 6.45) is 0. The molecule has 6 rings (SSSR count). The Morgan fingerprint density at radius 3 is 1.74 bits per heavy atom. The van der Waals surface area contributed by atoms with Crippen molar-refractivity contribution in [2.75, 3.05) is 4.90 Å². The van der Waals surface area contributed by atoms with E-state index < -0.39 is 0 Å². The van der Waals surface area contributed by atoms with Crippen LogP contribution in [-0.2, 0) is 0 Å². The van der Waals surface area contributed by atoms with Gasteiger partial charge in [0.05, 0.1) is 0 Å². The highest BCUT2D eigenvalue weighted by atomic mass is 16.3. The summed E-state index contributed by atoms with van der Waals surface area (Å²) in [5, 5.41) is 0. The van der Waals surface area contributed by atoms with Crippen LogP contribution < -0.4 is 4.90 Å². The Bertz CT molecular complexity index is 1500. The van der Waals surface area contributed by atoms with Gasteiger partial charge in [0.1, 0.15) is 5.52 Å². The molecule has 34 heavy (non-hydrogen) atoms. The van der Waals surface area contributed by atoms with E-state index in [1.807, 2.05) is 54.6 Å². The van der Waals surface area contributed by atoms with Crippen molar-refractivity contribution in [3.05, 3.63) is 133 Å². The lowest BCUT2D eigenvalue weighted by Crippen LogP contribution is -2.09. The molecular weight excluding hydrogens is 416 g/mol. The van der Waals surface area contributed by atoms with Gasteiger partial charge in [0.15, 0.2) is 5.58 Å². The first kappa shape index (κ1) is 20.0. The van der Waals surface area contributed by atoms with Gasteiger partial charge in [0.25, 0.3) is 0 Å². The van der Waals surface area contributed by atoms with Crippen molar-refractivity contribution in [2.45, 2.75) is 0 Å². The molecule has 0 atom stereocenters. The first-order valence-corrected chi connectivity index (χ1v) is 11.3. The molecule has 0 aliphatic rings. The van der Waals surface area contributed by atoms with Crippen LogP contribution in [0.15, 0.2) is 138 Å². The van der Waals surface area contributed by atoms with Gasteiger partial charge in [0.2, 0.25) is 5.89 Å². The molecule has 0 spiro atoms. The Morgan fingerprint density at radius 1 is 0.500 bits per heavy atom. The van der Waals surface area contributed by atoms with Crippen LogP contribution in [0, 0.1) is 0 Å². The zero-order valence-corrected chi connectivity index (χ0v) is 18.5.